The summed E-state index contributed by atoms with van der Waals surface area (Å²) in [7, 11) is 1.68. The Bertz CT molecular complexity index is 1070. The van der Waals surface area contributed by atoms with Gasteiger partial charge in [-0.2, -0.15) is 0 Å². The quantitative estimate of drug-likeness (QED) is 0.515. The van der Waals surface area contributed by atoms with Gasteiger partial charge in [-0.3, -0.25) is 9.36 Å². The minimum atomic E-state index is -0.276. The van der Waals surface area contributed by atoms with Gasteiger partial charge >= 0.3 is 0 Å². The molecular formula is C24H28N4O2S. The lowest BCUT2D eigenvalue weighted by molar-refractivity contribution is -0.117. The molecule has 0 spiro atoms. The van der Waals surface area contributed by atoms with Crippen molar-refractivity contribution in [2.45, 2.75) is 43.6 Å². The van der Waals surface area contributed by atoms with Crippen LogP contribution < -0.4 is 4.90 Å². The summed E-state index contributed by atoms with van der Waals surface area (Å²) in [5.74, 6) is 0.904. The number of para-hydroxylation sites is 1. The van der Waals surface area contributed by atoms with E-state index in [4.69, 9.17) is 4.74 Å². The lowest BCUT2D eigenvalue weighted by Crippen LogP contribution is -2.40. The van der Waals surface area contributed by atoms with Crippen LogP contribution in [0.15, 0.2) is 53.7 Å². The summed E-state index contributed by atoms with van der Waals surface area (Å²) in [6.07, 6.45) is 2.01. The van der Waals surface area contributed by atoms with Crippen LogP contribution in [-0.2, 0) is 22.5 Å². The van der Waals surface area contributed by atoms with Gasteiger partial charge in [-0.15, -0.1) is 10.2 Å². The van der Waals surface area contributed by atoms with Crippen LogP contribution in [0.3, 0.4) is 0 Å². The van der Waals surface area contributed by atoms with E-state index < -0.39 is 0 Å². The summed E-state index contributed by atoms with van der Waals surface area (Å²) in [6, 6.07) is 16.4. The lowest BCUT2D eigenvalue weighted by Gasteiger charge is -2.31. The molecule has 0 saturated carbocycles. The second-order valence-corrected chi connectivity index (χ2v) is 9.11. The third-order valence-electron chi connectivity index (χ3n) is 5.52. The molecule has 0 fully saturated rings. The molecule has 0 bridgehead atoms. The lowest BCUT2D eigenvalue weighted by atomic mass is 10.0. The van der Waals surface area contributed by atoms with Crippen molar-refractivity contribution in [1.82, 2.24) is 14.8 Å². The van der Waals surface area contributed by atoms with Crippen molar-refractivity contribution in [2.24, 2.45) is 0 Å². The Balaban J connectivity index is 1.58. The Morgan fingerprint density at radius 3 is 2.84 bits per heavy atom. The molecule has 1 amide bonds. The zero-order valence-corrected chi connectivity index (χ0v) is 19.1. The first-order valence-electron chi connectivity index (χ1n) is 10.6. The van der Waals surface area contributed by atoms with Crippen molar-refractivity contribution < 1.29 is 9.53 Å². The number of amides is 1. The first-order valence-corrected chi connectivity index (χ1v) is 11.5. The number of carbonyl (C=O) groups is 1. The van der Waals surface area contributed by atoms with E-state index in [2.05, 4.69) is 39.9 Å². The maximum absolute atomic E-state index is 13.3. The van der Waals surface area contributed by atoms with E-state index in [9.17, 15) is 4.79 Å². The normalized spacial score (nSPS) is 14.4. The van der Waals surface area contributed by atoms with Gasteiger partial charge in [0, 0.05) is 24.9 Å². The highest BCUT2D eigenvalue weighted by atomic mass is 32.2. The molecule has 31 heavy (non-hydrogen) atoms. The molecule has 7 heteroatoms. The average molecular weight is 437 g/mol. The fourth-order valence-electron chi connectivity index (χ4n) is 3.95. The van der Waals surface area contributed by atoms with Crippen molar-refractivity contribution in [3.63, 3.8) is 0 Å². The molecule has 1 atom stereocenters. The number of carbonyl (C=O) groups excluding carboxylic acids is 1. The Kier molecular flexibility index (Phi) is 6.73. The molecule has 0 unspecified atom stereocenters. The molecular weight excluding hydrogens is 408 g/mol. The van der Waals surface area contributed by atoms with Crippen LogP contribution in [0.2, 0.25) is 0 Å². The largest absolute Gasteiger partial charge is 0.383 e. The molecule has 1 aromatic heterocycles. The molecule has 3 aromatic rings. The number of aromatic nitrogens is 3. The topological polar surface area (TPSA) is 60.2 Å². The third-order valence-corrected chi connectivity index (χ3v) is 6.59. The zero-order chi connectivity index (χ0) is 21.8. The van der Waals surface area contributed by atoms with Gasteiger partial charge in [-0.25, -0.2) is 0 Å². The predicted octanol–water partition coefficient (Wildman–Crippen LogP) is 4.36. The van der Waals surface area contributed by atoms with Crippen LogP contribution in [0.25, 0.3) is 11.4 Å². The Morgan fingerprint density at radius 2 is 2.03 bits per heavy atom. The van der Waals surface area contributed by atoms with E-state index in [-0.39, 0.29) is 11.2 Å². The van der Waals surface area contributed by atoms with E-state index in [1.165, 1.54) is 22.9 Å². The smallest absolute Gasteiger partial charge is 0.240 e. The van der Waals surface area contributed by atoms with Gasteiger partial charge in [0.25, 0.3) is 0 Å². The molecule has 1 aliphatic heterocycles. The van der Waals surface area contributed by atoms with Crippen LogP contribution >= 0.6 is 11.8 Å². The van der Waals surface area contributed by atoms with Crippen LogP contribution in [0.4, 0.5) is 5.69 Å². The number of anilines is 1. The first-order chi connectivity index (χ1) is 15.1. The highest BCUT2D eigenvalue weighted by Crippen LogP contribution is 2.32. The van der Waals surface area contributed by atoms with Crippen LogP contribution in [0.5, 0.6) is 0 Å². The summed E-state index contributed by atoms with van der Waals surface area (Å²) in [5.41, 5.74) is 4.46. The monoisotopic (exact) mass is 436 g/mol. The molecule has 0 saturated heterocycles. The molecule has 0 radical (unpaired) electrons. The van der Waals surface area contributed by atoms with Gasteiger partial charge in [0.2, 0.25) is 5.91 Å². The van der Waals surface area contributed by atoms with Crippen molar-refractivity contribution in [3.05, 3.63) is 59.7 Å². The second kappa shape index (κ2) is 9.66. The number of methoxy groups -OCH3 is 1. The van der Waals surface area contributed by atoms with E-state index in [1.807, 2.05) is 42.2 Å². The molecule has 0 aliphatic carbocycles. The summed E-state index contributed by atoms with van der Waals surface area (Å²) < 4.78 is 7.36. The number of hydrogen-bond acceptors (Lipinski definition) is 5. The number of rotatable bonds is 7. The number of hydrogen-bond donors (Lipinski definition) is 0. The Morgan fingerprint density at radius 1 is 1.19 bits per heavy atom. The average Bonchev–Trinajstić information content (AvgIpc) is 3.19. The number of nitrogens with zero attached hydrogens (tertiary/aromatic N) is 4. The van der Waals surface area contributed by atoms with E-state index in [0.717, 1.165) is 41.6 Å². The van der Waals surface area contributed by atoms with Gasteiger partial charge in [0.1, 0.15) is 0 Å². The highest BCUT2D eigenvalue weighted by molar-refractivity contribution is 8.00. The van der Waals surface area contributed by atoms with Gasteiger partial charge in [-0.1, -0.05) is 53.7 Å². The van der Waals surface area contributed by atoms with Gasteiger partial charge in [0.15, 0.2) is 11.0 Å². The molecule has 0 N–H and O–H groups in total. The number of ether oxygens (including phenoxy) is 1. The standard InChI is InChI=1S/C24H28N4O2S/c1-17-8-6-10-20(16-17)22-25-26-24(28(22)14-15-30-3)31-18(2)23(29)27-13-7-11-19-9-4-5-12-21(19)27/h4-6,8-10,12,16,18H,7,11,13-15H2,1-3H3/t18-/m1/s1. The zero-order valence-electron chi connectivity index (χ0n) is 18.2. The van der Waals surface area contributed by atoms with Crippen molar-refractivity contribution in [3.8, 4) is 11.4 Å². The van der Waals surface area contributed by atoms with Gasteiger partial charge in [0.05, 0.1) is 18.4 Å². The Hall–Kier alpha value is -2.64. The van der Waals surface area contributed by atoms with Crippen LogP contribution in [0, 0.1) is 6.92 Å². The first kappa shape index (κ1) is 21.6. The summed E-state index contributed by atoms with van der Waals surface area (Å²) in [5, 5.41) is 9.35. The van der Waals surface area contributed by atoms with E-state index >= 15 is 0 Å². The summed E-state index contributed by atoms with van der Waals surface area (Å²) in [6.45, 7) is 5.94. The molecule has 1 aliphatic rings. The predicted molar refractivity (Wildman–Crippen MR) is 125 cm³/mol. The van der Waals surface area contributed by atoms with Crippen molar-refractivity contribution >= 4 is 23.4 Å². The minimum Gasteiger partial charge on any atom is -0.383 e. The van der Waals surface area contributed by atoms with Crippen molar-refractivity contribution in [1.29, 1.82) is 0 Å². The molecule has 4 rings (SSSR count). The number of aryl methyl sites for hydroxylation is 2. The summed E-state index contributed by atoms with van der Waals surface area (Å²) >= 11 is 1.46. The van der Waals surface area contributed by atoms with Crippen LogP contribution in [0.1, 0.15) is 24.5 Å². The van der Waals surface area contributed by atoms with Crippen molar-refractivity contribution in [2.75, 3.05) is 25.2 Å². The fourth-order valence-corrected chi connectivity index (χ4v) is 4.89. The highest BCUT2D eigenvalue weighted by Gasteiger charge is 2.28. The molecule has 2 aromatic carbocycles. The van der Waals surface area contributed by atoms with E-state index in [0.29, 0.717) is 13.2 Å². The Labute approximate surface area is 187 Å². The number of fused-ring (bicyclic) bond motifs is 1. The second-order valence-electron chi connectivity index (χ2n) is 7.80. The van der Waals surface area contributed by atoms with Gasteiger partial charge in [-0.05, 0) is 44.4 Å². The van der Waals surface area contributed by atoms with Gasteiger partial charge < -0.3 is 9.64 Å². The fraction of sp³-hybridized carbons (Fsp3) is 0.375. The number of thioether (sulfide) groups is 1. The maximum Gasteiger partial charge on any atom is 0.240 e. The maximum atomic E-state index is 13.3. The van der Waals surface area contributed by atoms with E-state index in [1.54, 1.807) is 7.11 Å². The third kappa shape index (κ3) is 4.67. The molecule has 162 valence electrons. The number of benzene rings is 2. The molecule has 6 nitrogen and oxygen atoms in total. The van der Waals surface area contributed by atoms with Crippen LogP contribution in [-0.4, -0.2) is 46.2 Å². The minimum absolute atomic E-state index is 0.107. The summed E-state index contributed by atoms with van der Waals surface area (Å²) in [4.78, 5) is 15.3. The SMILES string of the molecule is COCCn1c(S[C@H](C)C(=O)N2CCCc3ccccc32)nnc1-c1cccc(C)c1. The molecule has 2 heterocycles.